The third-order valence-electron chi connectivity index (χ3n) is 3.62. The van der Waals surface area contributed by atoms with Gasteiger partial charge in [-0.05, 0) is 42.9 Å². The van der Waals surface area contributed by atoms with E-state index in [1.807, 2.05) is 37.3 Å². The number of hydrogen-bond donors (Lipinski definition) is 2. The van der Waals surface area contributed by atoms with E-state index in [9.17, 15) is 0 Å². The smallest absolute Gasteiger partial charge is 0.214 e. The Kier molecular flexibility index (Phi) is 5.63. The minimum Gasteiger partial charge on any atom is -0.489 e. The monoisotopic (exact) mass is 394 g/mol. The van der Waals surface area contributed by atoms with Gasteiger partial charge in [0.1, 0.15) is 18.2 Å². The van der Waals surface area contributed by atoms with Gasteiger partial charge in [0, 0.05) is 5.56 Å². The van der Waals surface area contributed by atoms with Gasteiger partial charge >= 0.3 is 0 Å². The normalized spacial score (nSPS) is 10.7. The molecule has 0 aliphatic rings. The Hall–Kier alpha value is -2.02. The molecule has 25 heavy (non-hydrogen) atoms. The molecule has 1 heterocycles. The fourth-order valence-electron chi connectivity index (χ4n) is 2.31. The zero-order valence-electron chi connectivity index (χ0n) is 13.4. The molecule has 0 atom stereocenters. The summed E-state index contributed by atoms with van der Waals surface area (Å²) in [6, 6.07) is 13.3. The Balaban J connectivity index is 1.70. The lowest BCUT2D eigenvalue weighted by atomic mass is 10.2. The van der Waals surface area contributed by atoms with Crippen LogP contribution in [0.5, 0.6) is 5.75 Å². The Morgan fingerprint density at radius 2 is 2.00 bits per heavy atom. The third-order valence-corrected chi connectivity index (χ3v) is 4.63. The van der Waals surface area contributed by atoms with Crippen molar-refractivity contribution in [3.8, 4) is 5.75 Å². The minimum absolute atomic E-state index is 0.401. The third kappa shape index (κ3) is 4.34. The number of halogens is 2. The highest BCUT2D eigenvalue weighted by Crippen LogP contribution is 2.24. The van der Waals surface area contributed by atoms with Crippen molar-refractivity contribution in [3.63, 3.8) is 0 Å². The quantitative estimate of drug-likeness (QED) is 0.585. The van der Waals surface area contributed by atoms with E-state index < -0.39 is 0 Å². The van der Waals surface area contributed by atoms with Crippen molar-refractivity contribution in [3.05, 3.63) is 74.2 Å². The molecule has 0 spiro atoms. The highest BCUT2D eigenvalue weighted by Gasteiger charge is 2.06. The Bertz CT molecular complexity index is 938. The Labute approximate surface area is 160 Å². The summed E-state index contributed by atoms with van der Waals surface area (Å²) in [4.78, 5) is 0. The number of aromatic nitrogens is 3. The van der Waals surface area contributed by atoms with Crippen LogP contribution in [0.3, 0.4) is 0 Å². The highest BCUT2D eigenvalue weighted by atomic mass is 35.5. The zero-order chi connectivity index (χ0) is 17.8. The summed E-state index contributed by atoms with van der Waals surface area (Å²) in [5.41, 5.74) is 5.19. The number of nitrogens with zero attached hydrogens (tertiary/aromatic N) is 2. The SMILES string of the molecule is Cc1n[nH]c(=S)n1NCc1ccccc1OCc1ccc(Cl)c(Cl)c1. The zero-order valence-corrected chi connectivity index (χ0v) is 15.8. The lowest BCUT2D eigenvalue weighted by Gasteiger charge is -2.14. The molecule has 3 rings (SSSR count). The van der Waals surface area contributed by atoms with Gasteiger partial charge in [0.2, 0.25) is 4.77 Å². The van der Waals surface area contributed by atoms with Gasteiger partial charge in [-0.1, -0.05) is 47.5 Å². The number of hydrogen-bond acceptors (Lipinski definition) is 4. The first-order valence-corrected chi connectivity index (χ1v) is 8.73. The number of ether oxygens (including phenoxy) is 1. The molecule has 0 amide bonds. The van der Waals surface area contributed by atoms with E-state index in [1.165, 1.54) is 0 Å². The number of benzene rings is 2. The molecule has 130 valence electrons. The van der Waals surface area contributed by atoms with Crippen molar-refractivity contribution in [2.75, 3.05) is 5.43 Å². The molecular weight excluding hydrogens is 379 g/mol. The van der Waals surface area contributed by atoms with Gasteiger partial charge in [0.05, 0.1) is 16.6 Å². The van der Waals surface area contributed by atoms with Crippen LogP contribution in [0.25, 0.3) is 0 Å². The summed E-state index contributed by atoms with van der Waals surface area (Å²) in [7, 11) is 0. The van der Waals surface area contributed by atoms with Gasteiger partial charge < -0.3 is 10.2 Å². The molecule has 3 aromatic rings. The summed E-state index contributed by atoms with van der Waals surface area (Å²) in [6.07, 6.45) is 0. The van der Waals surface area contributed by atoms with E-state index in [-0.39, 0.29) is 0 Å². The van der Waals surface area contributed by atoms with E-state index in [0.29, 0.717) is 28.0 Å². The standard InChI is InChI=1S/C17H16Cl2N4OS/c1-11-21-22-17(25)23(11)20-9-13-4-2-3-5-16(13)24-10-12-6-7-14(18)15(19)8-12/h2-8,20H,9-10H2,1H3,(H,22,25). The van der Waals surface area contributed by atoms with Crippen molar-refractivity contribution in [1.29, 1.82) is 0 Å². The van der Waals surface area contributed by atoms with Gasteiger partial charge in [0.15, 0.2) is 0 Å². The number of aryl methyl sites for hydroxylation is 1. The van der Waals surface area contributed by atoms with Gasteiger partial charge in [-0.15, -0.1) is 0 Å². The van der Waals surface area contributed by atoms with E-state index in [0.717, 1.165) is 22.7 Å². The van der Waals surface area contributed by atoms with Crippen LogP contribution < -0.4 is 10.2 Å². The lowest BCUT2D eigenvalue weighted by molar-refractivity contribution is 0.303. The highest BCUT2D eigenvalue weighted by molar-refractivity contribution is 7.71. The first kappa shape index (κ1) is 17.8. The maximum Gasteiger partial charge on any atom is 0.214 e. The minimum atomic E-state index is 0.401. The van der Waals surface area contributed by atoms with Gasteiger partial charge in [-0.3, -0.25) is 5.10 Å². The number of para-hydroxylation sites is 1. The molecule has 0 aliphatic heterocycles. The molecule has 0 radical (unpaired) electrons. The van der Waals surface area contributed by atoms with Crippen LogP contribution in [0.4, 0.5) is 0 Å². The second-order valence-electron chi connectivity index (χ2n) is 5.39. The molecule has 2 aromatic carbocycles. The fraction of sp³-hybridized carbons (Fsp3) is 0.176. The van der Waals surface area contributed by atoms with Crippen LogP contribution in [0.1, 0.15) is 17.0 Å². The van der Waals surface area contributed by atoms with Crippen molar-refractivity contribution in [2.45, 2.75) is 20.1 Å². The predicted molar refractivity (Wildman–Crippen MR) is 102 cm³/mol. The lowest BCUT2D eigenvalue weighted by Crippen LogP contribution is -2.16. The molecule has 8 heteroatoms. The summed E-state index contributed by atoms with van der Waals surface area (Å²) in [5, 5.41) is 7.86. The van der Waals surface area contributed by atoms with Crippen molar-refractivity contribution < 1.29 is 4.74 Å². The number of aromatic amines is 1. The number of rotatable bonds is 6. The summed E-state index contributed by atoms with van der Waals surface area (Å²) in [6.45, 7) is 2.82. The van der Waals surface area contributed by atoms with Crippen molar-refractivity contribution in [2.24, 2.45) is 0 Å². The van der Waals surface area contributed by atoms with Crippen LogP contribution in [0.2, 0.25) is 10.0 Å². The average Bonchev–Trinajstić information content (AvgIpc) is 2.93. The molecule has 0 aliphatic carbocycles. The van der Waals surface area contributed by atoms with Gasteiger partial charge in [-0.25, -0.2) is 4.68 Å². The van der Waals surface area contributed by atoms with E-state index >= 15 is 0 Å². The molecule has 5 nitrogen and oxygen atoms in total. The topological polar surface area (TPSA) is 54.9 Å². The first-order valence-electron chi connectivity index (χ1n) is 7.57. The molecule has 0 unspecified atom stereocenters. The van der Waals surface area contributed by atoms with Crippen molar-refractivity contribution in [1.82, 2.24) is 14.9 Å². The predicted octanol–water partition coefficient (Wildman–Crippen LogP) is 4.88. The molecule has 0 bridgehead atoms. The van der Waals surface area contributed by atoms with E-state index in [4.69, 9.17) is 40.2 Å². The molecule has 0 saturated carbocycles. The van der Waals surface area contributed by atoms with Crippen LogP contribution in [-0.4, -0.2) is 14.9 Å². The second kappa shape index (κ2) is 7.91. The van der Waals surface area contributed by atoms with Crippen molar-refractivity contribution >= 4 is 35.4 Å². The maximum absolute atomic E-state index is 6.04. The maximum atomic E-state index is 6.04. The largest absolute Gasteiger partial charge is 0.489 e. The Morgan fingerprint density at radius 3 is 2.72 bits per heavy atom. The number of nitrogens with one attached hydrogen (secondary N) is 2. The molecule has 2 N–H and O–H groups in total. The average molecular weight is 395 g/mol. The van der Waals surface area contributed by atoms with Crippen LogP contribution in [-0.2, 0) is 13.2 Å². The molecule has 0 saturated heterocycles. The first-order chi connectivity index (χ1) is 12.0. The fourth-order valence-corrected chi connectivity index (χ4v) is 2.87. The molecular formula is C17H16Cl2N4OS. The van der Waals surface area contributed by atoms with E-state index in [2.05, 4.69) is 15.6 Å². The van der Waals surface area contributed by atoms with Gasteiger partial charge in [0.25, 0.3) is 0 Å². The van der Waals surface area contributed by atoms with Crippen LogP contribution in [0.15, 0.2) is 42.5 Å². The second-order valence-corrected chi connectivity index (χ2v) is 6.59. The number of H-pyrrole nitrogens is 1. The molecule has 0 fully saturated rings. The summed E-state index contributed by atoms with van der Waals surface area (Å²) >= 11 is 17.2. The van der Waals surface area contributed by atoms with Crippen LogP contribution >= 0.6 is 35.4 Å². The summed E-state index contributed by atoms with van der Waals surface area (Å²) in [5.74, 6) is 1.55. The van der Waals surface area contributed by atoms with Crippen LogP contribution in [0, 0.1) is 11.7 Å². The van der Waals surface area contributed by atoms with E-state index in [1.54, 1.807) is 16.8 Å². The molecule has 1 aromatic heterocycles. The van der Waals surface area contributed by atoms with Gasteiger partial charge in [-0.2, -0.15) is 5.10 Å². The Morgan fingerprint density at radius 1 is 1.20 bits per heavy atom. The summed E-state index contributed by atoms with van der Waals surface area (Å²) < 4.78 is 8.20.